The number of anilines is 3. The highest BCUT2D eigenvalue weighted by atomic mass is 32.1. The molecule has 1 nitrogen and oxygen atoms in total. The minimum absolute atomic E-state index is 1.14. The van der Waals surface area contributed by atoms with Gasteiger partial charge in [0.05, 0.1) is 20.8 Å². The van der Waals surface area contributed by atoms with Crippen molar-refractivity contribution in [2.45, 2.75) is 0 Å². The fourth-order valence-electron chi connectivity index (χ4n) is 7.43. The molecule has 0 fully saturated rings. The number of thiophene rings is 2. The SMILES string of the molecule is c1ccc(-c2ccc(-c3ccc(N(c4cccc5c4sc4ccccc45)c4cccc5c4sc4ccccc45)cc3)c3ccccc23)cc1. The number of fused-ring (bicyclic) bond motifs is 7. The summed E-state index contributed by atoms with van der Waals surface area (Å²) in [5.74, 6) is 0. The van der Waals surface area contributed by atoms with Crippen LogP contribution >= 0.6 is 22.7 Å². The molecule has 0 aliphatic carbocycles. The second kappa shape index (κ2) is 11.5. The zero-order chi connectivity index (χ0) is 32.3. The lowest BCUT2D eigenvalue weighted by atomic mass is 9.92. The molecule has 2 aromatic heterocycles. The lowest BCUT2D eigenvalue weighted by Gasteiger charge is -2.27. The van der Waals surface area contributed by atoms with E-state index < -0.39 is 0 Å². The van der Waals surface area contributed by atoms with Crippen molar-refractivity contribution in [1.82, 2.24) is 0 Å². The van der Waals surface area contributed by atoms with Gasteiger partial charge in [0.2, 0.25) is 0 Å². The molecule has 0 aliphatic heterocycles. The highest BCUT2D eigenvalue weighted by Gasteiger charge is 2.21. The maximum Gasteiger partial charge on any atom is 0.0640 e. The van der Waals surface area contributed by atoms with Crippen LogP contribution in [0.15, 0.2) is 176 Å². The maximum atomic E-state index is 2.48. The molecule has 0 bridgehead atoms. The molecule has 230 valence electrons. The van der Waals surface area contributed by atoms with E-state index in [9.17, 15) is 0 Å². The van der Waals surface area contributed by atoms with Crippen molar-refractivity contribution in [2.24, 2.45) is 0 Å². The van der Waals surface area contributed by atoms with Crippen molar-refractivity contribution < 1.29 is 0 Å². The first kappa shape index (κ1) is 28.3. The van der Waals surface area contributed by atoms with Crippen LogP contribution < -0.4 is 4.90 Å². The molecule has 10 aromatic rings. The van der Waals surface area contributed by atoms with Crippen molar-refractivity contribution in [1.29, 1.82) is 0 Å². The Kier molecular flexibility index (Phi) is 6.61. The Morgan fingerprint density at radius 1 is 0.306 bits per heavy atom. The summed E-state index contributed by atoms with van der Waals surface area (Å²) in [5.41, 5.74) is 8.50. The van der Waals surface area contributed by atoms with Crippen molar-refractivity contribution >= 4 is 90.9 Å². The third kappa shape index (κ3) is 4.58. The van der Waals surface area contributed by atoms with Crippen LogP contribution in [0, 0.1) is 0 Å². The Balaban J connectivity index is 1.17. The summed E-state index contributed by atoms with van der Waals surface area (Å²) in [6.07, 6.45) is 0. The Bertz CT molecular complexity index is 2710. The Hall–Kier alpha value is -5.74. The van der Waals surface area contributed by atoms with Crippen molar-refractivity contribution in [2.75, 3.05) is 4.90 Å². The third-order valence-electron chi connectivity index (χ3n) is 9.69. The fourth-order valence-corrected chi connectivity index (χ4v) is 9.85. The number of rotatable bonds is 5. The predicted molar refractivity (Wildman–Crippen MR) is 215 cm³/mol. The molecule has 0 radical (unpaired) electrons. The van der Waals surface area contributed by atoms with E-state index in [1.165, 1.54) is 84.7 Å². The average molecular weight is 660 g/mol. The van der Waals surface area contributed by atoms with Crippen molar-refractivity contribution in [3.8, 4) is 22.3 Å². The lowest BCUT2D eigenvalue weighted by molar-refractivity contribution is 1.32. The molecule has 0 spiro atoms. The van der Waals surface area contributed by atoms with Crippen LogP contribution in [-0.2, 0) is 0 Å². The minimum atomic E-state index is 1.14. The van der Waals surface area contributed by atoms with Crippen LogP contribution in [0.3, 0.4) is 0 Å². The smallest absolute Gasteiger partial charge is 0.0640 e. The Morgan fingerprint density at radius 3 is 1.27 bits per heavy atom. The van der Waals surface area contributed by atoms with Gasteiger partial charge >= 0.3 is 0 Å². The molecule has 0 saturated carbocycles. The molecule has 0 saturated heterocycles. The third-order valence-corrected chi connectivity index (χ3v) is 12.1. The van der Waals surface area contributed by atoms with Gasteiger partial charge in [-0.15, -0.1) is 22.7 Å². The van der Waals surface area contributed by atoms with E-state index in [0.29, 0.717) is 0 Å². The van der Waals surface area contributed by atoms with Gasteiger partial charge in [-0.2, -0.15) is 0 Å². The van der Waals surface area contributed by atoms with Crippen LogP contribution in [0.25, 0.3) is 73.4 Å². The highest BCUT2D eigenvalue weighted by molar-refractivity contribution is 7.27. The van der Waals surface area contributed by atoms with Gasteiger partial charge in [-0.05, 0) is 69.4 Å². The number of hydrogen-bond donors (Lipinski definition) is 0. The van der Waals surface area contributed by atoms with Gasteiger partial charge in [0.1, 0.15) is 0 Å². The summed E-state index contributed by atoms with van der Waals surface area (Å²) in [7, 11) is 0. The molecule has 0 amide bonds. The monoisotopic (exact) mass is 659 g/mol. The van der Waals surface area contributed by atoms with Crippen molar-refractivity contribution in [3.63, 3.8) is 0 Å². The van der Waals surface area contributed by atoms with E-state index in [1.54, 1.807) is 0 Å². The summed E-state index contributed by atoms with van der Waals surface area (Å²) < 4.78 is 5.22. The summed E-state index contributed by atoms with van der Waals surface area (Å²) in [5, 5.41) is 7.75. The second-order valence-corrected chi connectivity index (χ2v) is 14.6. The standard InChI is InChI=1S/C46H29NS2/c1-2-12-30(13-3-1)33-28-29-34(36-15-5-4-14-35(33)36)31-24-26-32(27-25-31)47(41-20-10-18-39-37-16-6-8-22-43(37)48-45(39)41)42-21-11-19-40-38-17-7-9-23-44(38)49-46(40)42/h1-29H. The summed E-state index contributed by atoms with van der Waals surface area (Å²) in [6.45, 7) is 0. The van der Waals surface area contributed by atoms with Crippen LogP contribution in [0.2, 0.25) is 0 Å². The molecule has 3 heteroatoms. The predicted octanol–water partition coefficient (Wildman–Crippen LogP) is 14.4. The van der Waals surface area contributed by atoms with E-state index in [1.807, 2.05) is 22.7 Å². The highest BCUT2D eigenvalue weighted by Crippen LogP contribution is 2.49. The molecule has 49 heavy (non-hydrogen) atoms. The average Bonchev–Trinajstić information content (AvgIpc) is 3.75. The quantitative estimate of drug-likeness (QED) is 0.178. The number of nitrogens with zero attached hydrogens (tertiary/aromatic N) is 1. The van der Waals surface area contributed by atoms with Gasteiger partial charge < -0.3 is 4.90 Å². The van der Waals surface area contributed by atoms with Gasteiger partial charge in [-0.3, -0.25) is 0 Å². The molecule has 0 atom stereocenters. The van der Waals surface area contributed by atoms with Gasteiger partial charge in [-0.25, -0.2) is 0 Å². The van der Waals surface area contributed by atoms with Crippen LogP contribution in [-0.4, -0.2) is 0 Å². The molecular formula is C46H29NS2. The van der Waals surface area contributed by atoms with E-state index in [0.717, 1.165) is 5.69 Å². The lowest BCUT2D eigenvalue weighted by Crippen LogP contribution is -2.10. The van der Waals surface area contributed by atoms with Crippen molar-refractivity contribution in [3.05, 3.63) is 176 Å². The Morgan fingerprint density at radius 2 is 0.735 bits per heavy atom. The first-order valence-electron chi connectivity index (χ1n) is 16.6. The van der Waals surface area contributed by atoms with Crippen LogP contribution in [0.4, 0.5) is 17.1 Å². The topological polar surface area (TPSA) is 3.24 Å². The van der Waals surface area contributed by atoms with Gasteiger partial charge in [0.25, 0.3) is 0 Å². The first-order valence-corrected chi connectivity index (χ1v) is 18.2. The molecule has 0 N–H and O–H groups in total. The Labute approximate surface area is 292 Å². The summed E-state index contributed by atoms with van der Waals surface area (Å²) in [4.78, 5) is 2.48. The van der Waals surface area contributed by atoms with E-state index >= 15 is 0 Å². The second-order valence-electron chi connectivity index (χ2n) is 12.5. The summed E-state index contributed by atoms with van der Waals surface area (Å²) >= 11 is 3.76. The van der Waals surface area contributed by atoms with Gasteiger partial charge in [-0.1, -0.05) is 140 Å². The largest absolute Gasteiger partial charge is 0.308 e. The summed E-state index contributed by atoms with van der Waals surface area (Å²) in [6, 6.07) is 64.3. The maximum absolute atomic E-state index is 2.48. The molecule has 8 aromatic carbocycles. The van der Waals surface area contributed by atoms with E-state index in [2.05, 4.69) is 181 Å². The first-order chi connectivity index (χ1) is 24.3. The van der Waals surface area contributed by atoms with Gasteiger partial charge in [0.15, 0.2) is 0 Å². The van der Waals surface area contributed by atoms with E-state index in [-0.39, 0.29) is 0 Å². The molecular weight excluding hydrogens is 631 g/mol. The van der Waals surface area contributed by atoms with Crippen LogP contribution in [0.5, 0.6) is 0 Å². The minimum Gasteiger partial charge on any atom is -0.308 e. The zero-order valence-corrected chi connectivity index (χ0v) is 28.1. The van der Waals surface area contributed by atoms with Gasteiger partial charge in [0, 0.05) is 36.6 Å². The number of hydrogen-bond acceptors (Lipinski definition) is 3. The van der Waals surface area contributed by atoms with Crippen LogP contribution in [0.1, 0.15) is 0 Å². The molecule has 10 rings (SSSR count). The molecule has 2 heterocycles. The zero-order valence-electron chi connectivity index (χ0n) is 26.5. The normalized spacial score (nSPS) is 11.7. The fraction of sp³-hybridized carbons (Fsp3) is 0. The molecule has 0 unspecified atom stereocenters. The number of benzene rings is 8. The van der Waals surface area contributed by atoms with E-state index in [4.69, 9.17) is 0 Å². The molecule has 0 aliphatic rings.